The van der Waals surface area contributed by atoms with Gasteiger partial charge in [-0.05, 0) is 11.6 Å². The first-order valence-corrected chi connectivity index (χ1v) is 4.75. The monoisotopic (exact) mass is 250 g/mol. The van der Waals surface area contributed by atoms with Crippen molar-refractivity contribution in [3.63, 3.8) is 0 Å². The molecule has 0 unspecified atom stereocenters. The average Bonchev–Trinajstić information content (AvgIpc) is 2.13. The molecular weight excluding hydrogens is 249 g/mol. The Morgan fingerprint density at radius 3 is 2.00 bits per heavy atom. The average molecular weight is 252 g/mol. The van der Waals surface area contributed by atoms with Gasteiger partial charge in [-0.15, -0.1) is 11.6 Å². The van der Waals surface area contributed by atoms with Crippen molar-refractivity contribution in [1.29, 1.82) is 0 Å². The molecule has 0 aromatic heterocycles. The molecule has 0 spiro atoms. The lowest BCUT2D eigenvalue weighted by Gasteiger charge is -2.07. The first kappa shape index (κ1) is 10.0. The Balaban J connectivity index is 3.07. The number of allylic oxidation sites excluding steroid dienone is 4. The zero-order chi connectivity index (χ0) is 8.65. The number of hydrogen-bond acceptors (Lipinski definition) is 0. The molecule has 1 rings (SSSR count). The highest BCUT2D eigenvalue weighted by atomic mass is 35.5. The molecular formula is C6H3Cl5. The van der Waals surface area contributed by atoms with Crippen LogP contribution in [0.4, 0.5) is 0 Å². The first-order valence-electron chi connectivity index (χ1n) is 2.70. The van der Waals surface area contributed by atoms with Crippen molar-refractivity contribution in [1.82, 2.24) is 0 Å². The third kappa shape index (κ3) is 1.81. The van der Waals surface area contributed by atoms with Crippen LogP contribution in [0.15, 0.2) is 21.7 Å². The zero-order valence-corrected chi connectivity index (χ0v) is 8.95. The largest absolute Gasteiger partial charge is 0.173 e. The van der Waals surface area contributed by atoms with Crippen molar-refractivity contribution in [2.75, 3.05) is 5.88 Å². The van der Waals surface area contributed by atoms with E-state index in [2.05, 4.69) is 0 Å². The molecule has 0 aromatic carbocycles. The molecule has 5 heteroatoms. The van der Waals surface area contributed by atoms with Gasteiger partial charge in [-0.1, -0.05) is 46.4 Å². The van der Waals surface area contributed by atoms with Gasteiger partial charge >= 0.3 is 0 Å². The summed E-state index contributed by atoms with van der Waals surface area (Å²) < 4.78 is -1.19. The van der Waals surface area contributed by atoms with Gasteiger partial charge in [-0.25, -0.2) is 0 Å². The van der Waals surface area contributed by atoms with Gasteiger partial charge in [0.25, 0.3) is 0 Å². The number of rotatable bonds is 1. The van der Waals surface area contributed by atoms with E-state index in [4.69, 9.17) is 58.0 Å². The van der Waals surface area contributed by atoms with E-state index in [0.717, 1.165) is 0 Å². The molecule has 0 aliphatic heterocycles. The maximum Gasteiger partial charge on any atom is 0.173 e. The van der Waals surface area contributed by atoms with Gasteiger partial charge in [-0.3, -0.25) is 0 Å². The van der Waals surface area contributed by atoms with Gasteiger partial charge in [-0.2, -0.15) is 0 Å². The Morgan fingerprint density at radius 2 is 1.82 bits per heavy atom. The highest BCUT2D eigenvalue weighted by Crippen LogP contribution is 2.46. The van der Waals surface area contributed by atoms with Crippen LogP contribution >= 0.6 is 58.0 Å². The Hall–Kier alpha value is 0.930. The lowest BCUT2D eigenvalue weighted by atomic mass is 10.3. The Labute approximate surface area is 89.7 Å². The molecule has 0 bridgehead atoms. The van der Waals surface area contributed by atoms with Crippen molar-refractivity contribution in [3.05, 3.63) is 21.7 Å². The molecule has 0 atom stereocenters. The van der Waals surface area contributed by atoms with Gasteiger partial charge in [0.1, 0.15) is 0 Å². The van der Waals surface area contributed by atoms with E-state index in [1.165, 1.54) is 6.08 Å². The second-order valence-corrected chi connectivity index (χ2v) is 4.46. The highest BCUT2D eigenvalue weighted by Gasteiger charge is 2.35. The minimum Gasteiger partial charge on any atom is -0.122 e. The SMILES string of the molecule is ClCC1=CC(Cl)(Cl)C(Cl)=C1Cl. The summed E-state index contributed by atoms with van der Waals surface area (Å²) in [6.45, 7) is 0. The second-order valence-electron chi connectivity index (χ2n) is 2.05. The molecule has 62 valence electrons. The van der Waals surface area contributed by atoms with E-state index in [1.807, 2.05) is 0 Å². The van der Waals surface area contributed by atoms with E-state index in [-0.39, 0.29) is 10.9 Å². The smallest absolute Gasteiger partial charge is 0.122 e. The molecule has 11 heavy (non-hydrogen) atoms. The molecule has 0 aromatic rings. The molecule has 0 amide bonds. The maximum absolute atomic E-state index is 5.74. The van der Waals surface area contributed by atoms with Gasteiger partial charge in [0.15, 0.2) is 4.33 Å². The molecule has 1 aliphatic carbocycles. The molecule has 0 heterocycles. The topological polar surface area (TPSA) is 0 Å². The summed E-state index contributed by atoms with van der Waals surface area (Å²) >= 11 is 28.5. The third-order valence-electron chi connectivity index (χ3n) is 1.27. The van der Waals surface area contributed by atoms with Gasteiger partial charge < -0.3 is 0 Å². The van der Waals surface area contributed by atoms with Crippen molar-refractivity contribution in [3.8, 4) is 0 Å². The zero-order valence-electron chi connectivity index (χ0n) is 5.17. The van der Waals surface area contributed by atoms with Crippen LogP contribution in [0.25, 0.3) is 0 Å². The molecule has 0 saturated heterocycles. The summed E-state index contributed by atoms with van der Waals surface area (Å²) in [7, 11) is 0. The second kappa shape index (κ2) is 3.35. The number of halogens is 5. The van der Waals surface area contributed by atoms with Crippen LogP contribution in [0.1, 0.15) is 0 Å². The maximum atomic E-state index is 5.74. The van der Waals surface area contributed by atoms with Gasteiger partial charge in [0.05, 0.1) is 10.1 Å². The van der Waals surface area contributed by atoms with Crippen LogP contribution < -0.4 is 0 Å². The minimum absolute atomic E-state index is 0.221. The summed E-state index contributed by atoms with van der Waals surface area (Å²) in [5, 5.41) is 0.574. The van der Waals surface area contributed by atoms with Crippen LogP contribution in [-0.2, 0) is 0 Å². The van der Waals surface area contributed by atoms with E-state index in [0.29, 0.717) is 10.6 Å². The summed E-state index contributed by atoms with van der Waals surface area (Å²) in [6, 6.07) is 0. The van der Waals surface area contributed by atoms with Gasteiger partial charge in [0.2, 0.25) is 0 Å². The van der Waals surface area contributed by atoms with Crippen molar-refractivity contribution in [2.24, 2.45) is 0 Å². The fourth-order valence-corrected chi connectivity index (χ4v) is 2.00. The van der Waals surface area contributed by atoms with Crippen LogP contribution in [0.5, 0.6) is 0 Å². The van der Waals surface area contributed by atoms with E-state index in [9.17, 15) is 0 Å². The normalized spacial score (nSPS) is 22.5. The van der Waals surface area contributed by atoms with E-state index in [1.54, 1.807) is 0 Å². The summed E-state index contributed by atoms with van der Waals surface area (Å²) in [6.07, 6.45) is 1.54. The van der Waals surface area contributed by atoms with Gasteiger partial charge in [0, 0.05) is 5.88 Å². The Kier molecular flexibility index (Phi) is 3.05. The third-order valence-corrected chi connectivity index (χ3v) is 3.36. The fourth-order valence-electron chi connectivity index (χ4n) is 0.730. The lowest BCUT2D eigenvalue weighted by molar-refractivity contribution is 1.27. The Morgan fingerprint density at radius 1 is 1.27 bits per heavy atom. The molecule has 1 aliphatic rings. The minimum atomic E-state index is -1.19. The quantitative estimate of drug-likeness (QED) is 0.618. The van der Waals surface area contributed by atoms with Crippen LogP contribution in [0.2, 0.25) is 0 Å². The molecule has 0 N–H and O–H groups in total. The van der Waals surface area contributed by atoms with Crippen LogP contribution in [-0.4, -0.2) is 10.2 Å². The van der Waals surface area contributed by atoms with Crippen LogP contribution in [0, 0.1) is 0 Å². The molecule has 0 radical (unpaired) electrons. The first-order chi connectivity index (χ1) is 4.99. The van der Waals surface area contributed by atoms with Crippen LogP contribution in [0.3, 0.4) is 0 Å². The lowest BCUT2D eigenvalue weighted by Crippen LogP contribution is -2.04. The van der Waals surface area contributed by atoms with E-state index >= 15 is 0 Å². The molecule has 0 saturated carbocycles. The van der Waals surface area contributed by atoms with Crippen molar-refractivity contribution >= 4 is 58.0 Å². The highest BCUT2D eigenvalue weighted by molar-refractivity contribution is 6.60. The summed E-state index contributed by atoms with van der Waals surface area (Å²) in [5.41, 5.74) is 0.670. The van der Waals surface area contributed by atoms with Crippen molar-refractivity contribution < 1.29 is 0 Å². The molecule has 0 fully saturated rings. The predicted molar refractivity (Wildman–Crippen MR) is 52.0 cm³/mol. The van der Waals surface area contributed by atoms with Crippen molar-refractivity contribution in [2.45, 2.75) is 4.33 Å². The predicted octanol–water partition coefficient (Wildman–Crippen LogP) is 4.03. The molecule has 0 nitrogen and oxygen atoms in total. The van der Waals surface area contributed by atoms with E-state index < -0.39 is 4.33 Å². The number of alkyl halides is 3. The number of hydrogen-bond donors (Lipinski definition) is 0. The summed E-state index contributed by atoms with van der Waals surface area (Å²) in [5.74, 6) is 0.260. The Bertz CT molecular complexity index is 237. The fraction of sp³-hybridized carbons (Fsp3) is 0.333. The summed E-state index contributed by atoms with van der Waals surface area (Å²) in [4.78, 5) is 0. The standard InChI is InChI=1S/C6H3Cl5/c7-2-3-1-6(10,11)5(9)4(3)8/h1H,2H2.